The van der Waals surface area contributed by atoms with E-state index in [4.69, 9.17) is 5.11 Å². The summed E-state index contributed by atoms with van der Waals surface area (Å²) >= 11 is 0. The average Bonchev–Trinajstić information content (AvgIpc) is 2.77. The van der Waals surface area contributed by atoms with Crippen molar-refractivity contribution >= 4 is 5.91 Å². The van der Waals surface area contributed by atoms with E-state index in [1.54, 1.807) is 4.90 Å². The maximum absolute atomic E-state index is 12.0. The van der Waals surface area contributed by atoms with Crippen LogP contribution in [0.1, 0.15) is 23.3 Å². The minimum absolute atomic E-state index is 0.0326. The lowest BCUT2D eigenvalue weighted by Gasteiger charge is -2.22. The fourth-order valence-electron chi connectivity index (χ4n) is 1.90. The van der Waals surface area contributed by atoms with Gasteiger partial charge in [0.25, 0.3) is 11.5 Å². The highest BCUT2D eigenvalue weighted by molar-refractivity contribution is 5.92. The van der Waals surface area contributed by atoms with Gasteiger partial charge in [0.2, 0.25) is 0 Å². The molecule has 0 aromatic carbocycles. The van der Waals surface area contributed by atoms with Crippen LogP contribution < -0.4 is 5.56 Å². The van der Waals surface area contributed by atoms with E-state index in [1.165, 1.54) is 12.1 Å². The Morgan fingerprint density at radius 3 is 3.06 bits per heavy atom. The lowest BCUT2D eigenvalue weighted by molar-refractivity contribution is 0.0670. The van der Waals surface area contributed by atoms with E-state index >= 15 is 0 Å². The van der Waals surface area contributed by atoms with Crippen molar-refractivity contribution in [1.29, 1.82) is 0 Å². The second-order valence-electron chi connectivity index (χ2n) is 3.78. The fourth-order valence-corrected chi connectivity index (χ4v) is 1.90. The van der Waals surface area contributed by atoms with Crippen molar-refractivity contribution in [3.8, 4) is 0 Å². The molecule has 86 valence electrons. The first-order valence-corrected chi connectivity index (χ1v) is 5.20. The Morgan fingerprint density at radius 1 is 1.62 bits per heavy atom. The number of rotatable bonds is 2. The smallest absolute Gasteiger partial charge is 0.274 e. The van der Waals surface area contributed by atoms with Crippen molar-refractivity contribution in [3.63, 3.8) is 0 Å². The molecule has 0 saturated carbocycles. The summed E-state index contributed by atoms with van der Waals surface area (Å²) in [5, 5.41) is 15.0. The lowest BCUT2D eigenvalue weighted by Crippen LogP contribution is -2.38. The number of aromatic nitrogens is 2. The van der Waals surface area contributed by atoms with Gasteiger partial charge in [0.05, 0.1) is 12.6 Å². The van der Waals surface area contributed by atoms with Gasteiger partial charge in [-0.1, -0.05) is 0 Å². The van der Waals surface area contributed by atoms with Gasteiger partial charge >= 0.3 is 0 Å². The zero-order valence-corrected chi connectivity index (χ0v) is 8.72. The van der Waals surface area contributed by atoms with Crippen molar-refractivity contribution in [2.24, 2.45) is 0 Å². The van der Waals surface area contributed by atoms with E-state index in [2.05, 4.69) is 10.2 Å². The third-order valence-corrected chi connectivity index (χ3v) is 2.75. The number of H-pyrrole nitrogens is 1. The van der Waals surface area contributed by atoms with Gasteiger partial charge in [-0.25, -0.2) is 5.10 Å². The molecule has 16 heavy (non-hydrogen) atoms. The molecule has 6 nitrogen and oxygen atoms in total. The molecule has 0 bridgehead atoms. The molecule has 1 aromatic rings. The standard InChI is InChI=1S/C10H13N3O3/c14-6-7-2-1-5-13(7)10(16)8-3-4-9(15)12-11-8/h3-4,7,14H,1-2,5-6H2,(H,12,15)/t7-/m0/s1. The Balaban J connectivity index is 2.18. The Labute approximate surface area is 91.9 Å². The van der Waals surface area contributed by atoms with Gasteiger partial charge < -0.3 is 10.0 Å². The van der Waals surface area contributed by atoms with Crippen molar-refractivity contribution < 1.29 is 9.90 Å². The van der Waals surface area contributed by atoms with Gasteiger partial charge in [-0.05, 0) is 18.9 Å². The molecule has 0 spiro atoms. The van der Waals surface area contributed by atoms with Gasteiger partial charge in [0.15, 0.2) is 0 Å². The summed E-state index contributed by atoms with van der Waals surface area (Å²) in [7, 11) is 0. The molecule has 2 N–H and O–H groups in total. The first-order valence-electron chi connectivity index (χ1n) is 5.20. The summed E-state index contributed by atoms with van der Waals surface area (Å²) < 4.78 is 0. The molecule has 1 amide bonds. The predicted octanol–water partition coefficient (Wildman–Crippen LogP) is -0.633. The molecule has 6 heteroatoms. The van der Waals surface area contributed by atoms with Crippen molar-refractivity contribution in [3.05, 3.63) is 28.2 Å². The number of hydrogen-bond acceptors (Lipinski definition) is 4. The number of amides is 1. The number of likely N-dealkylation sites (tertiary alicyclic amines) is 1. The molecular weight excluding hydrogens is 210 g/mol. The topological polar surface area (TPSA) is 86.3 Å². The van der Waals surface area contributed by atoms with E-state index in [-0.39, 0.29) is 29.8 Å². The van der Waals surface area contributed by atoms with Gasteiger partial charge in [0, 0.05) is 12.6 Å². The maximum atomic E-state index is 12.0. The second kappa shape index (κ2) is 4.44. The monoisotopic (exact) mass is 223 g/mol. The summed E-state index contributed by atoms with van der Waals surface area (Å²) in [6.07, 6.45) is 1.70. The van der Waals surface area contributed by atoms with E-state index in [0.717, 1.165) is 12.8 Å². The third-order valence-electron chi connectivity index (χ3n) is 2.75. The van der Waals surface area contributed by atoms with Gasteiger partial charge in [-0.2, -0.15) is 5.10 Å². The number of carbonyl (C=O) groups excluding carboxylic acids is 1. The van der Waals surface area contributed by atoms with Crippen LogP contribution in [0.4, 0.5) is 0 Å². The lowest BCUT2D eigenvalue weighted by atomic mass is 10.2. The molecule has 0 aliphatic carbocycles. The van der Waals surface area contributed by atoms with Crippen LogP contribution in [0.3, 0.4) is 0 Å². The highest BCUT2D eigenvalue weighted by Crippen LogP contribution is 2.18. The normalized spacial score (nSPS) is 20.1. The van der Waals surface area contributed by atoms with E-state index in [0.29, 0.717) is 6.54 Å². The Hall–Kier alpha value is -1.69. The van der Waals surface area contributed by atoms with Crippen LogP contribution in [0.25, 0.3) is 0 Å². The summed E-state index contributed by atoms with van der Waals surface area (Å²) in [5.41, 5.74) is -0.128. The molecule has 2 rings (SSSR count). The Bertz CT molecular complexity index is 423. The number of hydrogen-bond donors (Lipinski definition) is 2. The Morgan fingerprint density at radius 2 is 2.44 bits per heavy atom. The zero-order chi connectivity index (χ0) is 11.5. The zero-order valence-electron chi connectivity index (χ0n) is 8.72. The molecule has 1 saturated heterocycles. The summed E-state index contributed by atoms with van der Waals surface area (Å²) in [4.78, 5) is 24.4. The van der Waals surface area contributed by atoms with E-state index < -0.39 is 0 Å². The number of carbonyl (C=O) groups is 1. The van der Waals surface area contributed by atoms with Gasteiger partial charge in [-0.3, -0.25) is 9.59 Å². The van der Waals surface area contributed by atoms with Crippen LogP contribution >= 0.6 is 0 Å². The molecule has 1 aliphatic rings. The molecule has 0 unspecified atom stereocenters. The molecular formula is C10H13N3O3. The number of aromatic amines is 1. The quantitative estimate of drug-likeness (QED) is 0.698. The number of nitrogens with one attached hydrogen (secondary N) is 1. The van der Waals surface area contributed by atoms with Crippen molar-refractivity contribution in [2.75, 3.05) is 13.2 Å². The molecule has 1 aliphatic heterocycles. The highest BCUT2D eigenvalue weighted by atomic mass is 16.3. The van der Waals surface area contributed by atoms with Crippen LogP contribution in [0, 0.1) is 0 Å². The number of nitrogens with zero attached hydrogens (tertiary/aromatic N) is 2. The largest absolute Gasteiger partial charge is 0.394 e. The maximum Gasteiger partial charge on any atom is 0.274 e. The SMILES string of the molecule is O=C(c1ccc(=O)[nH]n1)N1CCC[C@H]1CO. The molecule has 1 atom stereocenters. The third kappa shape index (κ3) is 1.96. The van der Waals surface area contributed by atoms with E-state index in [1.807, 2.05) is 0 Å². The number of aliphatic hydroxyl groups is 1. The first kappa shape index (κ1) is 10.8. The minimum Gasteiger partial charge on any atom is -0.394 e. The van der Waals surface area contributed by atoms with Crippen molar-refractivity contribution in [2.45, 2.75) is 18.9 Å². The van der Waals surface area contributed by atoms with Crippen LogP contribution in [0.2, 0.25) is 0 Å². The molecule has 1 aromatic heterocycles. The average molecular weight is 223 g/mol. The fraction of sp³-hybridized carbons (Fsp3) is 0.500. The van der Waals surface area contributed by atoms with Crippen LogP contribution in [-0.4, -0.2) is 45.3 Å². The minimum atomic E-state index is -0.336. The highest BCUT2D eigenvalue weighted by Gasteiger charge is 2.29. The van der Waals surface area contributed by atoms with Gasteiger partial charge in [0.1, 0.15) is 5.69 Å². The van der Waals surface area contributed by atoms with E-state index in [9.17, 15) is 9.59 Å². The summed E-state index contributed by atoms with van der Waals surface area (Å²) in [6, 6.07) is 2.54. The molecule has 0 radical (unpaired) electrons. The van der Waals surface area contributed by atoms with Crippen LogP contribution in [-0.2, 0) is 0 Å². The molecule has 2 heterocycles. The Kier molecular flexibility index (Phi) is 3.00. The predicted molar refractivity (Wildman–Crippen MR) is 56.0 cm³/mol. The second-order valence-corrected chi connectivity index (χ2v) is 3.78. The van der Waals surface area contributed by atoms with Crippen molar-refractivity contribution in [1.82, 2.24) is 15.1 Å². The summed E-state index contributed by atoms with van der Waals surface area (Å²) in [6.45, 7) is 0.597. The van der Waals surface area contributed by atoms with Gasteiger partial charge in [-0.15, -0.1) is 0 Å². The molecule has 1 fully saturated rings. The first-order chi connectivity index (χ1) is 7.72. The summed E-state index contributed by atoms with van der Waals surface area (Å²) in [5.74, 6) is -0.243. The van der Waals surface area contributed by atoms with Crippen LogP contribution in [0.5, 0.6) is 0 Å². The van der Waals surface area contributed by atoms with Crippen LogP contribution in [0.15, 0.2) is 16.9 Å². The number of aliphatic hydroxyl groups excluding tert-OH is 1.